The molecule has 0 fully saturated rings. The number of carboxylic acids is 5. The van der Waals surface area contributed by atoms with E-state index >= 15 is 0 Å². The molecule has 1 rings (SSSR count). The fraction of sp³-hybridized carbons (Fsp3) is 0.500. The number of ether oxygens (including phenoxy) is 1. The van der Waals surface area contributed by atoms with Crippen LogP contribution in [0.3, 0.4) is 0 Å². The van der Waals surface area contributed by atoms with Crippen molar-refractivity contribution < 1.29 is 94.8 Å². The SMILES string of the molecule is O=C(O)CC(O)(CC(=O)O)C(=O)O.O=C(O)[C@H](O)[C@@H](O)C(=O)O.O=C1O[C@H]([C@@H](O)CO)C(O)=C1O. The van der Waals surface area contributed by atoms with E-state index in [1.165, 1.54) is 0 Å². The molecule has 0 aromatic heterocycles. The molecule has 0 unspecified atom stereocenters. The maximum absolute atomic E-state index is 10.5. The van der Waals surface area contributed by atoms with E-state index in [0.29, 0.717) is 0 Å². The highest BCUT2D eigenvalue weighted by molar-refractivity contribution is 5.89. The molecule has 0 amide bonds. The predicted molar refractivity (Wildman–Crippen MR) is 99.6 cm³/mol. The Morgan fingerprint density at radius 2 is 1.20 bits per heavy atom. The second-order valence-electron chi connectivity index (χ2n) is 6.35. The highest BCUT2D eigenvalue weighted by atomic mass is 16.6. The summed E-state index contributed by atoms with van der Waals surface area (Å²) < 4.78 is 4.32. The van der Waals surface area contributed by atoms with Gasteiger partial charge in [0.15, 0.2) is 29.7 Å². The number of carboxylic acid groups (broad SMARTS) is 5. The predicted octanol–water partition coefficient (Wildman–Crippen LogP) is -4.78. The van der Waals surface area contributed by atoms with Crippen molar-refractivity contribution in [2.75, 3.05) is 6.61 Å². The zero-order valence-electron chi connectivity index (χ0n) is 17.2. The number of aliphatic carboxylic acids is 5. The number of cyclic esters (lactones) is 1. The first-order chi connectivity index (χ1) is 15.8. The highest BCUT2D eigenvalue weighted by Crippen LogP contribution is 2.21. The molecule has 0 aromatic carbocycles. The molecule has 19 nitrogen and oxygen atoms in total. The molecule has 0 saturated heterocycles. The Morgan fingerprint density at radius 1 is 0.829 bits per heavy atom. The Kier molecular flexibility index (Phi) is 13.5. The van der Waals surface area contributed by atoms with Crippen LogP contribution in [0.1, 0.15) is 12.8 Å². The lowest BCUT2D eigenvalue weighted by Gasteiger charge is -2.18. The molecule has 1 aliphatic heterocycles. The summed E-state index contributed by atoms with van der Waals surface area (Å²) in [5.74, 6) is -11.3. The van der Waals surface area contributed by atoms with Crippen LogP contribution >= 0.6 is 0 Å². The second-order valence-corrected chi connectivity index (χ2v) is 6.35. The lowest BCUT2D eigenvalue weighted by molar-refractivity contribution is -0.170. The van der Waals surface area contributed by atoms with Gasteiger partial charge in [0.05, 0.1) is 19.4 Å². The Bertz CT molecular complexity index is 810. The molecule has 200 valence electrons. The van der Waals surface area contributed by atoms with Gasteiger partial charge in [0.25, 0.3) is 0 Å². The molecule has 1 aliphatic rings. The van der Waals surface area contributed by atoms with Crippen LogP contribution in [-0.2, 0) is 33.5 Å². The summed E-state index contributed by atoms with van der Waals surface area (Å²) in [6.45, 7) is -0.671. The van der Waals surface area contributed by atoms with Crippen molar-refractivity contribution in [3.63, 3.8) is 0 Å². The van der Waals surface area contributed by atoms with Crippen LogP contribution in [0.2, 0.25) is 0 Å². The Balaban J connectivity index is 0. The van der Waals surface area contributed by atoms with Gasteiger partial charge >= 0.3 is 35.8 Å². The number of aliphatic hydroxyl groups is 7. The van der Waals surface area contributed by atoms with Crippen molar-refractivity contribution in [1.29, 1.82) is 0 Å². The van der Waals surface area contributed by atoms with Crippen molar-refractivity contribution in [1.82, 2.24) is 0 Å². The van der Waals surface area contributed by atoms with Gasteiger partial charge in [-0.1, -0.05) is 0 Å². The van der Waals surface area contributed by atoms with Crippen molar-refractivity contribution >= 4 is 35.8 Å². The van der Waals surface area contributed by atoms with Crippen molar-refractivity contribution in [3.8, 4) is 0 Å². The van der Waals surface area contributed by atoms with Crippen LogP contribution in [-0.4, -0.2) is 134 Å². The van der Waals surface area contributed by atoms with Crippen LogP contribution in [0, 0.1) is 0 Å². The maximum atomic E-state index is 10.5. The molecular weight excluding hydrogens is 496 g/mol. The number of aliphatic hydroxyl groups excluding tert-OH is 6. The van der Waals surface area contributed by atoms with E-state index in [1.807, 2.05) is 0 Å². The van der Waals surface area contributed by atoms with Crippen molar-refractivity contribution in [2.24, 2.45) is 0 Å². The molecule has 0 bridgehead atoms. The zero-order valence-corrected chi connectivity index (χ0v) is 17.2. The lowest BCUT2D eigenvalue weighted by atomic mass is 9.96. The third-order valence-corrected chi connectivity index (χ3v) is 3.57. The van der Waals surface area contributed by atoms with Crippen molar-refractivity contribution in [3.05, 3.63) is 11.5 Å². The average molecular weight is 518 g/mol. The summed E-state index contributed by atoms with van der Waals surface area (Å²) in [5.41, 5.74) is -2.74. The third kappa shape index (κ3) is 11.1. The number of esters is 1. The van der Waals surface area contributed by atoms with Gasteiger partial charge in [-0.2, -0.15) is 0 Å². The molecule has 0 radical (unpaired) electrons. The molecule has 0 saturated carbocycles. The van der Waals surface area contributed by atoms with E-state index in [2.05, 4.69) is 4.74 Å². The number of hydrogen-bond acceptors (Lipinski definition) is 14. The Morgan fingerprint density at radius 3 is 1.40 bits per heavy atom. The van der Waals surface area contributed by atoms with Gasteiger partial charge in [-0.25, -0.2) is 19.2 Å². The maximum Gasteiger partial charge on any atom is 0.377 e. The first kappa shape index (κ1) is 33.1. The van der Waals surface area contributed by atoms with Crippen LogP contribution in [0.4, 0.5) is 0 Å². The van der Waals surface area contributed by atoms with E-state index in [9.17, 15) is 28.8 Å². The molecule has 1 heterocycles. The molecule has 12 N–H and O–H groups in total. The van der Waals surface area contributed by atoms with E-state index in [1.54, 1.807) is 0 Å². The van der Waals surface area contributed by atoms with E-state index in [-0.39, 0.29) is 0 Å². The van der Waals surface area contributed by atoms with Crippen LogP contribution in [0.5, 0.6) is 0 Å². The van der Waals surface area contributed by atoms with Gasteiger partial charge in [0.2, 0.25) is 5.76 Å². The minimum atomic E-state index is -2.74. The Hall–Kier alpha value is -4.04. The molecule has 0 aromatic rings. The first-order valence-corrected chi connectivity index (χ1v) is 8.65. The van der Waals surface area contributed by atoms with Gasteiger partial charge in [-0.3, -0.25) is 9.59 Å². The van der Waals surface area contributed by atoms with E-state index in [4.69, 9.17) is 61.3 Å². The molecule has 19 heteroatoms. The minimum absolute atomic E-state index is 0.671. The van der Waals surface area contributed by atoms with Gasteiger partial charge < -0.3 is 66.0 Å². The summed E-state index contributed by atoms with van der Waals surface area (Å²) in [6.07, 6.45) is -9.60. The summed E-state index contributed by atoms with van der Waals surface area (Å²) in [5, 5.41) is 101. The van der Waals surface area contributed by atoms with Crippen molar-refractivity contribution in [2.45, 2.75) is 42.9 Å². The van der Waals surface area contributed by atoms with Gasteiger partial charge in [-0.15, -0.1) is 0 Å². The minimum Gasteiger partial charge on any atom is -0.505 e. The fourth-order valence-electron chi connectivity index (χ4n) is 1.81. The van der Waals surface area contributed by atoms with Gasteiger partial charge in [-0.05, 0) is 0 Å². The standard InChI is InChI=1S/C6H8O7.C6H8O6.C4H6O6/c7-3(8)1-6(13,5(11)12)2-4(9)10;7-1-2(8)5-3(9)4(10)6(11)12-5;5-1(3(7)8)2(6)4(9)10/h13H,1-2H2,(H,7,8)(H,9,10)(H,11,12);2,5,7-10H,1H2;1-2,5-6H,(H,7,8)(H,9,10)/t;2-,5+;1-,2-/m.01/s1. The summed E-state index contributed by atoms with van der Waals surface area (Å²) in [4.78, 5) is 60.6. The highest BCUT2D eigenvalue weighted by Gasteiger charge is 2.41. The first-order valence-electron chi connectivity index (χ1n) is 8.65. The normalized spacial score (nSPS) is 17.4. The Labute approximate surface area is 192 Å². The number of rotatable bonds is 10. The van der Waals surface area contributed by atoms with Crippen LogP contribution in [0.15, 0.2) is 11.5 Å². The summed E-state index contributed by atoms with van der Waals surface area (Å²) in [6, 6.07) is 0. The van der Waals surface area contributed by atoms with Gasteiger partial charge in [0, 0.05) is 0 Å². The monoisotopic (exact) mass is 518 g/mol. The number of carbonyl (C=O) groups excluding carboxylic acids is 1. The lowest BCUT2D eigenvalue weighted by Crippen LogP contribution is -2.42. The zero-order chi connectivity index (χ0) is 28.3. The van der Waals surface area contributed by atoms with E-state index < -0.39 is 96.8 Å². The molecule has 0 aliphatic carbocycles. The number of hydrogen-bond donors (Lipinski definition) is 12. The number of carbonyl (C=O) groups is 6. The topological polar surface area (TPSA) is 354 Å². The molecule has 0 spiro atoms. The molecule has 4 atom stereocenters. The van der Waals surface area contributed by atoms with E-state index in [0.717, 1.165) is 0 Å². The average Bonchev–Trinajstić information content (AvgIpc) is 2.98. The van der Waals surface area contributed by atoms with Crippen LogP contribution in [0.25, 0.3) is 0 Å². The second kappa shape index (κ2) is 14.3. The largest absolute Gasteiger partial charge is 0.505 e. The molecular formula is C16H22O19. The summed E-state index contributed by atoms with van der Waals surface area (Å²) in [7, 11) is 0. The van der Waals surface area contributed by atoms with Crippen LogP contribution < -0.4 is 0 Å². The van der Waals surface area contributed by atoms with Gasteiger partial charge in [0.1, 0.15) is 6.10 Å². The fourth-order valence-corrected chi connectivity index (χ4v) is 1.81. The third-order valence-electron chi connectivity index (χ3n) is 3.57. The summed E-state index contributed by atoms with van der Waals surface area (Å²) >= 11 is 0. The molecule has 35 heavy (non-hydrogen) atoms. The quantitative estimate of drug-likeness (QED) is 0.121. The smallest absolute Gasteiger partial charge is 0.377 e.